The minimum atomic E-state index is -0.672. The molecular weight excluding hydrogens is 276 g/mol. The molecule has 0 radical (unpaired) electrons. The highest BCUT2D eigenvalue weighted by Gasteiger charge is 2.13. The molecule has 0 aliphatic rings. The van der Waals surface area contributed by atoms with Crippen molar-refractivity contribution in [1.82, 2.24) is 0 Å². The summed E-state index contributed by atoms with van der Waals surface area (Å²) in [6.45, 7) is 1.64. The van der Waals surface area contributed by atoms with E-state index in [2.05, 4.69) is 5.32 Å². The van der Waals surface area contributed by atoms with Gasteiger partial charge in [-0.25, -0.2) is 0 Å². The Morgan fingerprint density at radius 1 is 1.30 bits per heavy atom. The van der Waals surface area contributed by atoms with Gasteiger partial charge in [-0.15, -0.1) is 0 Å². The topological polar surface area (TPSA) is 75.3 Å². The maximum Gasteiger partial charge on any atom is 0.257 e. The third-order valence-corrected chi connectivity index (χ3v) is 3.15. The average molecular weight is 291 g/mol. The predicted molar refractivity (Wildman–Crippen MR) is 80.9 cm³/mol. The van der Waals surface area contributed by atoms with Crippen LogP contribution < -0.4 is 11.1 Å². The standard InChI is InChI=1S/C15H15ClN2O2/c1-9(19)11-4-2-3-5-14(11)18-15(20)12-7-6-10(16)8-13(12)17/h2-9,19H,17H2,1H3,(H,18,20). The quantitative estimate of drug-likeness (QED) is 0.760. The first kappa shape index (κ1) is 14.4. The van der Waals surface area contributed by atoms with E-state index in [0.29, 0.717) is 27.5 Å². The van der Waals surface area contributed by atoms with Gasteiger partial charge >= 0.3 is 0 Å². The van der Waals surface area contributed by atoms with Crippen LogP contribution in [0, 0.1) is 0 Å². The minimum Gasteiger partial charge on any atom is -0.398 e. The Labute approximate surface area is 122 Å². The van der Waals surface area contributed by atoms with Gasteiger partial charge in [0.15, 0.2) is 0 Å². The lowest BCUT2D eigenvalue weighted by atomic mass is 10.1. The van der Waals surface area contributed by atoms with Crippen molar-refractivity contribution in [2.75, 3.05) is 11.1 Å². The Balaban J connectivity index is 2.28. The number of amides is 1. The third kappa shape index (κ3) is 3.10. The van der Waals surface area contributed by atoms with Crippen LogP contribution in [0.3, 0.4) is 0 Å². The summed E-state index contributed by atoms with van der Waals surface area (Å²) >= 11 is 5.80. The van der Waals surface area contributed by atoms with Crippen LogP contribution in [0.5, 0.6) is 0 Å². The van der Waals surface area contributed by atoms with Gasteiger partial charge in [-0.3, -0.25) is 4.79 Å². The third-order valence-electron chi connectivity index (χ3n) is 2.92. The van der Waals surface area contributed by atoms with Gasteiger partial charge in [-0.1, -0.05) is 29.8 Å². The van der Waals surface area contributed by atoms with Crippen molar-refractivity contribution in [1.29, 1.82) is 0 Å². The summed E-state index contributed by atoms with van der Waals surface area (Å²) < 4.78 is 0. The molecule has 1 amide bonds. The van der Waals surface area contributed by atoms with Crippen molar-refractivity contribution in [3.8, 4) is 0 Å². The van der Waals surface area contributed by atoms with Crippen LogP contribution in [-0.2, 0) is 0 Å². The smallest absolute Gasteiger partial charge is 0.257 e. The summed E-state index contributed by atoms with van der Waals surface area (Å²) in [5.74, 6) is -0.340. The van der Waals surface area contributed by atoms with Gasteiger partial charge < -0.3 is 16.2 Å². The predicted octanol–water partition coefficient (Wildman–Crippen LogP) is 3.23. The van der Waals surface area contributed by atoms with Gasteiger partial charge in [0, 0.05) is 22.0 Å². The van der Waals surface area contributed by atoms with Gasteiger partial charge in [-0.2, -0.15) is 0 Å². The number of halogens is 1. The molecule has 2 aromatic rings. The number of anilines is 2. The van der Waals surface area contributed by atoms with Gasteiger partial charge in [-0.05, 0) is 31.2 Å². The van der Waals surface area contributed by atoms with Crippen molar-refractivity contribution in [3.05, 3.63) is 58.6 Å². The molecule has 5 heteroatoms. The van der Waals surface area contributed by atoms with E-state index >= 15 is 0 Å². The van der Waals surface area contributed by atoms with E-state index in [9.17, 15) is 9.90 Å². The lowest BCUT2D eigenvalue weighted by Crippen LogP contribution is -2.15. The monoisotopic (exact) mass is 290 g/mol. The molecule has 0 spiro atoms. The van der Waals surface area contributed by atoms with Crippen molar-refractivity contribution in [3.63, 3.8) is 0 Å². The molecule has 0 saturated heterocycles. The molecule has 0 aliphatic heterocycles. The Kier molecular flexibility index (Phi) is 4.27. The Bertz CT molecular complexity index is 642. The van der Waals surface area contributed by atoms with E-state index in [1.165, 1.54) is 6.07 Å². The van der Waals surface area contributed by atoms with E-state index in [-0.39, 0.29) is 5.91 Å². The summed E-state index contributed by atoms with van der Waals surface area (Å²) in [5, 5.41) is 12.9. The molecule has 1 unspecified atom stereocenters. The number of nitrogens with two attached hydrogens (primary N) is 1. The number of nitrogens with one attached hydrogen (secondary N) is 1. The van der Waals surface area contributed by atoms with Gasteiger partial charge in [0.25, 0.3) is 5.91 Å². The summed E-state index contributed by atoms with van der Waals surface area (Å²) in [4.78, 5) is 12.2. The zero-order chi connectivity index (χ0) is 14.7. The first-order chi connectivity index (χ1) is 9.49. The van der Waals surface area contributed by atoms with Gasteiger partial charge in [0.2, 0.25) is 0 Å². The number of carbonyl (C=O) groups excluding carboxylic acids is 1. The molecule has 2 aromatic carbocycles. The molecule has 0 heterocycles. The number of hydrogen-bond donors (Lipinski definition) is 3. The SMILES string of the molecule is CC(O)c1ccccc1NC(=O)c1ccc(Cl)cc1N. The molecule has 1 atom stereocenters. The Morgan fingerprint density at radius 2 is 2.00 bits per heavy atom. The summed E-state index contributed by atoms with van der Waals surface area (Å²) in [5.41, 5.74) is 7.64. The Hall–Kier alpha value is -2.04. The summed E-state index contributed by atoms with van der Waals surface area (Å²) in [6.07, 6.45) is -0.672. The van der Waals surface area contributed by atoms with E-state index in [1.54, 1.807) is 43.3 Å². The van der Waals surface area contributed by atoms with E-state index in [0.717, 1.165) is 0 Å². The average Bonchev–Trinajstić information content (AvgIpc) is 2.38. The molecular formula is C15H15ClN2O2. The van der Waals surface area contributed by atoms with E-state index in [1.807, 2.05) is 0 Å². The number of benzene rings is 2. The Morgan fingerprint density at radius 3 is 2.65 bits per heavy atom. The van der Waals surface area contributed by atoms with Crippen molar-refractivity contribution >= 4 is 28.9 Å². The normalized spacial score (nSPS) is 11.9. The second kappa shape index (κ2) is 5.94. The lowest BCUT2D eigenvalue weighted by Gasteiger charge is -2.13. The van der Waals surface area contributed by atoms with Crippen LogP contribution in [0.4, 0.5) is 11.4 Å². The van der Waals surface area contributed by atoms with Crippen LogP contribution in [0.15, 0.2) is 42.5 Å². The van der Waals surface area contributed by atoms with Crippen LogP contribution in [0.1, 0.15) is 28.9 Å². The molecule has 0 saturated carbocycles. The summed E-state index contributed by atoms with van der Waals surface area (Å²) in [6, 6.07) is 11.8. The number of aliphatic hydroxyl groups is 1. The minimum absolute atomic E-state index is 0.310. The highest BCUT2D eigenvalue weighted by molar-refractivity contribution is 6.31. The first-order valence-corrected chi connectivity index (χ1v) is 6.50. The number of carbonyl (C=O) groups is 1. The van der Waals surface area contributed by atoms with E-state index < -0.39 is 6.10 Å². The second-order valence-electron chi connectivity index (χ2n) is 4.45. The molecule has 0 aliphatic carbocycles. The van der Waals surface area contributed by atoms with Crippen molar-refractivity contribution in [2.24, 2.45) is 0 Å². The number of hydrogen-bond acceptors (Lipinski definition) is 3. The summed E-state index contributed by atoms with van der Waals surface area (Å²) in [7, 11) is 0. The fourth-order valence-electron chi connectivity index (χ4n) is 1.91. The highest BCUT2D eigenvalue weighted by atomic mass is 35.5. The van der Waals surface area contributed by atoms with Crippen LogP contribution in [0.2, 0.25) is 5.02 Å². The van der Waals surface area contributed by atoms with E-state index in [4.69, 9.17) is 17.3 Å². The molecule has 20 heavy (non-hydrogen) atoms. The molecule has 0 aromatic heterocycles. The molecule has 2 rings (SSSR count). The second-order valence-corrected chi connectivity index (χ2v) is 4.89. The zero-order valence-electron chi connectivity index (χ0n) is 10.9. The first-order valence-electron chi connectivity index (χ1n) is 6.12. The zero-order valence-corrected chi connectivity index (χ0v) is 11.7. The molecule has 104 valence electrons. The number of nitrogen functional groups attached to an aromatic ring is 1. The van der Waals surface area contributed by atoms with Crippen LogP contribution in [0.25, 0.3) is 0 Å². The maximum atomic E-state index is 12.2. The van der Waals surface area contributed by atoms with Crippen LogP contribution in [-0.4, -0.2) is 11.0 Å². The largest absolute Gasteiger partial charge is 0.398 e. The number of para-hydroxylation sites is 1. The lowest BCUT2D eigenvalue weighted by molar-refractivity contribution is 0.102. The molecule has 0 bridgehead atoms. The maximum absolute atomic E-state index is 12.2. The van der Waals surface area contributed by atoms with Gasteiger partial charge in [0.1, 0.15) is 0 Å². The van der Waals surface area contributed by atoms with Crippen molar-refractivity contribution < 1.29 is 9.90 Å². The molecule has 4 nitrogen and oxygen atoms in total. The van der Waals surface area contributed by atoms with Crippen molar-refractivity contribution in [2.45, 2.75) is 13.0 Å². The highest BCUT2D eigenvalue weighted by Crippen LogP contribution is 2.24. The number of aliphatic hydroxyl groups excluding tert-OH is 1. The van der Waals surface area contributed by atoms with Crippen LogP contribution >= 0.6 is 11.6 Å². The number of rotatable bonds is 3. The van der Waals surface area contributed by atoms with Gasteiger partial charge in [0.05, 0.1) is 11.7 Å². The molecule has 4 N–H and O–H groups in total. The molecule has 0 fully saturated rings. The fourth-order valence-corrected chi connectivity index (χ4v) is 2.09. The fraction of sp³-hybridized carbons (Fsp3) is 0.133.